The molecule has 0 bridgehead atoms. The van der Waals surface area contributed by atoms with E-state index in [9.17, 15) is 9.59 Å². The van der Waals surface area contributed by atoms with Gasteiger partial charge in [-0.15, -0.1) is 0 Å². The van der Waals surface area contributed by atoms with Gasteiger partial charge in [-0.25, -0.2) is 4.79 Å². The van der Waals surface area contributed by atoms with Crippen LogP contribution in [0.5, 0.6) is 5.75 Å². The summed E-state index contributed by atoms with van der Waals surface area (Å²) in [6.45, 7) is 5.73. The summed E-state index contributed by atoms with van der Waals surface area (Å²) in [5.74, 6) is 0.869. The van der Waals surface area contributed by atoms with Gasteiger partial charge in [-0.2, -0.15) is 0 Å². The molecule has 148 valence electrons. The van der Waals surface area contributed by atoms with Gasteiger partial charge < -0.3 is 20.3 Å². The number of rotatable bonds is 6. The van der Waals surface area contributed by atoms with Gasteiger partial charge in [-0.1, -0.05) is 19.4 Å². The molecular formula is C22H27N3O3. The van der Waals surface area contributed by atoms with Gasteiger partial charge in [0.15, 0.2) is 0 Å². The van der Waals surface area contributed by atoms with Gasteiger partial charge in [-0.3, -0.25) is 4.79 Å². The molecule has 0 saturated heterocycles. The molecule has 0 aliphatic carbocycles. The molecule has 2 N–H and O–H groups in total. The van der Waals surface area contributed by atoms with Crippen LogP contribution in [-0.4, -0.2) is 30.0 Å². The van der Waals surface area contributed by atoms with Crippen LogP contribution >= 0.6 is 0 Å². The maximum atomic E-state index is 12.3. The number of hydrogen-bond donors (Lipinski definition) is 2. The van der Waals surface area contributed by atoms with Gasteiger partial charge in [0.25, 0.3) is 0 Å². The number of amides is 3. The number of unbranched alkanes of at least 4 members (excludes halogenated alkanes) is 1. The van der Waals surface area contributed by atoms with Crippen molar-refractivity contribution >= 4 is 23.3 Å². The molecular weight excluding hydrogens is 354 g/mol. The van der Waals surface area contributed by atoms with Crippen LogP contribution < -0.4 is 15.4 Å². The van der Waals surface area contributed by atoms with Crippen molar-refractivity contribution in [3.8, 4) is 5.75 Å². The topological polar surface area (TPSA) is 70.7 Å². The molecule has 3 amide bonds. The van der Waals surface area contributed by atoms with Crippen molar-refractivity contribution in [2.24, 2.45) is 0 Å². The van der Waals surface area contributed by atoms with E-state index in [1.165, 1.54) is 5.56 Å². The number of hydrogen-bond acceptors (Lipinski definition) is 3. The molecule has 6 heteroatoms. The fourth-order valence-corrected chi connectivity index (χ4v) is 3.17. The van der Waals surface area contributed by atoms with E-state index < -0.39 is 0 Å². The molecule has 6 nitrogen and oxygen atoms in total. The molecule has 2 aromatic carbocycles. The second-order valence-electron chi connectivity index (χ2n) is 6.98. The van der Waals surface area contributed by atoms with Crippen molar-refractivity contribution in [1.29, 1.82) is 0 Å². The molecule has 2 aromatic rings. The monoisotopic (exact) mass is 381 g/mol. The molecule has 0 atom stereocenters. The summed E-state index contributed by atoms with van der Waals surface area (Å²) in [5, 5.41) is 5.68. The number of anilines is 2. The molecule has 28 heavy (non-hydrogen) atoms. The number of ether oxygens (including phenoxy) is 1. The van der Waals surface area contributed by atoms with Crippen molar-refractivity contribution in [3.63, 3.8) is 0 Å². The molecule has 1 aliphatic rings. The van der Waals surface area contributed by atoms with Crippen LogP contribution in [-0.2, 0) is 17.8 Å². The Morgan fingerprint density at radius 3 is 2.46 bits per heavy atom. The third-order valence-electron chi connectivity index (χ3n) is 4.80. The van der Waals surface area contributed by atoms with Crippen LogP contribution in [0.4, 0.5) is 16.2 Å². The third kappa shape index (κ3) is 5.25. The van der Waals surface area contributed by atoms with Crippen molar-refractivity contribution in [1.82, 2.24) is 4.90 Å². The van der Waals surface area contributed by atoms with E-state index in [0.29, 0.717) is 24.5 Å². The Morgan fingerprint density at radius 1 is 1.04 bits per heavy atom. The molecule has 0 fully saturated rings. The standard InChI is InChI=1S/C22H27N3O3/c1-3-4-13-28-21-9-7-19(8-10-21)23-22(27)24-20-6-5-17-11-12-25(16(2)26)15-18(17)14-20/h5-10,14H,3-4,11-13,15H2,1-2H3,(H2,23,24,27). The highest BCUT2D eigenvalue weighted by atomic mass is 16.5. The second kappa shape index (κ2) is 9.26. The first-order valence-corrected chi connectivity index (χ1v) is 9.73. The predicted octanol–water partition coefficient (Wildman–Crippen LogP) is 4.41. The van der Waals surface area contributed by atoms with E-state index in [2.05, 4.69) is 17.6 Å². The van der Waals surface area contributed by atoms with Crippen LogP contribution in [0.2, 0.25) is 0 Å². The Hall–Kier alpha value is -3.02. The highest BCUT2D eigenvalue weighted by molar-refractivity contribution is 5.99. The molecule has 3 rings (SSSR count). The van der Waals surface area contributed by atoms with Crippen LogP contribution in [0.1, 0.15) is 37.8 Å². The average molecular weight is 381 g/mol. The maximum Gasteiger partial charge on any atom is 0.323 e. The summed E-state index contributed by atoms with van der Waals surface area (Å²) in [4.78, 5) is 25.7. The van der Waals surface area contributed by atoms with Crippen molar-refractivity contribution in [3.05, 3.63) is 53.6 Å². The normalized spacial score (nSPS) is 12.9. The third-order valence-corrected chi connectivity index (χ3v) is 4.80. The van der Waals surface area contributed by atoms with E-state index in [4.69, 9.17) is 4.74 Å². The first-order chi connectivity index (χ1) is 13.5. The van der Waals surface area contributed by atoms with Crippen molar-refractivity contribution < 1.29 is 14.3 Å². The largest absolute Gasteiger partial charge is 0.494 e. The first kappa shape index (κ1) is 19.7. The summed E-state index contributed by atoms with van der Waals surface area (Å²) in [7, 11) is 0. The minimum atomic E-state index is -0.307. The fraction of sp³-hybridized carbons (Fsp3) is 0.364. The molecule has 0 saturated carbocycles. The Kier molecular flexibility index (Phi) is 6.53. The molecule has 0 aromatic heterocycles. The lowest BCUT2D eigenvalue weighted by Gasteiger charge is -2.28. The number of carbonyl (C=O) groups excluding carboxylic acids is 2. The van der Waals surface area contributed by atoms with Gasteiger partial charge in [0.05, 0.1) is 6.61 Å². The summed E-state index contributed by atoms with van der Waals surface area (Å²) >= 11 is 0. The van der Waals surface area contributed by atoms with Crippen LogP contribution in [0.15, 0.2) is 42.5 Å². The lowest BCUT2D eigenvalue weighted by Crippen LogP contribution is -2.34. The average Bonchev–Trinajstić information content (AvgIpc) is 2.69. The molecule has 0 unspecified atom stereocenters. The Labute approximate surface area is 165 Å². The highest BCUT2D eigenvalue weighted by Crippen LogP contribution is 2.23. The lowest BCUT2D eigenvalue weighted by molar-refractivity contribution is -0.129. The van der Waals surface area contributed by atoms with Gasteiger partial charge in [0, 0.05) is 31.4 Å². The predicted molar refractivity (Wildman–Crippen MR) is 111 cm³/mol. The smallest absolute Gasteiger partial charge is 0.323 e. The zero-order valence-corrected chi connectivity index (χ0v) is 16.5. The zero-order chi connectivity index (χ0) is 19.9. The highest BCUT2D eigenvalue weighted by Gasteiger charge is 2.18. The summed E-state index contributed by atoms with van der Waals surface area (Å²) in [6.07, 6.45) is 2.96. The molecule has 1 aliphatic heterocycles. The Bertz CT molecular complexity index is 833. The number of urea groups is 1. The van der Waals surface area contributed by atoms with E-state index >= 15 is 0 Å². The second-order valence-corrected chi connectivity index (χ2v) is 6.98. The van der Waals surface area contributed by atoms with E-state index in [1.807, 2.05) is 47.4 Å². The lowest BCUT2D eigenvalue weighted by atomic mass is 9.99. The number of nitrogens with zero attached hydrogens (tertiary/aromatic N) is 1. The van der Waals surface area contributed by atoms with Gasteiger partial charge in [0.2, 0.25) is 5.91 Å². The number of carbonyl (C=O) groups is 2. The van der Waals surface area contributed by atoms with Crippen LogP contribution in [0.25, 0.3) is 0 Å². The summed E-state index contributed by atoms with van der Waals surface area (Å²) < 4.78 is 5.62. The SMILES string of the molecule is CCCCOc1ccc(NC(=O)Nc2ccc3c(c2)CN(C(C)=O)CC3)cc1. The minimum absolute atomic E-state index is 0.0730. The quantitative estimate of drug-likeness (QED) is 0.728. The van der Waals surface area contributed by atoms with Gasteiger partial charge in [-0.05, 0) is 60.4 Å². The molecule has 0 spiro atoms. The molecule has 1 heterocycles. The van der Waals surface area contributed by atoms with Gasteiger partial charge in [0.1, 0.15) is 5.75 Å². The van der Waals surface area contributed by atoms with Crippen LogP contribution in [0, 0.1) is 0 Å². The molecule has 0 radical (unpaired) electrons. The number of benzene rings is 2. The zero-order valence-electron chi connectivity index (χ0n) is 16.5. The first-order valence-electron chi connectivity index (χ1n) is 9.73. The van der Waals surface area contributed by atoms with Gasteiger partial charge >= 0.3 is 6.03 Å². The van der Waals surface area contributed by atoms with E-state index in [0.717, 1.165) is 37.1 Å². The van der Waals surface area contributed by atoms with Crippen LogP contribution in [0.3, 0.4) is 0 Å². The van der Waals surface area contributed by atoms with E-state index in [-0.39, 0.29) is 11.9 Å². The summed E-state index contributed by atoms with van der Waals surface area (Å²) in [6, 6.07) is 12.9. The summed E-state index contributed by atoms with van der Waals surface area (Å²) in [5.41, 5.74) is 3.71. The van der Waals surface area contributed by atoms with Crippen molar-refractivity contribution in [2.75, 3.05) is 23.8 Å². The maximum absolute atomic E-state index is 12.3. The minimum Gasteiger partial charge on any atom is -0.494 e. The number of nitrogens with one attached hydrogen (secondary N) is 2. The van der Waals surface area contributed by atoms with E-state index in [1.54, 1.807) is 6.92 Å². The Balaban J connectivity index is 1.56. The van der Waals surface area contributed by atoms with Crippen molar-refractivity contribution in [2.45, 2.75) is 39.7 Å². The number of fused-ring (bicyclic) bond motifs is 1. The fourth-order valence-electron chi connectivity index (χ4n) is 3.17. The Morgan fingerprint density at radius 2 is 1.75 bits per heavy atom.